The van der Waals surface area contributed by atoms with Crippen LogP contribution in [0.3, 0.4) is 0 Å². The summed E-state index contributed by atoms with van der Waals surface area (Å²) in [4.78, 5) is 5.65. The minimum atomic E-state index is 0.318. The maximum absolute atomic E-state index is 4.37. The first kappa shape index (κ1) is 14.1. The third-order valence-corrected chi connectivity index (χ3v) is 4.19. The predicted octanol–water partition coefficient (Wildman–Crippen LogP) is 2.12. The Morgan fingerprint density at radius 1 is 1.42 bits per heavy atom. The van der Waals surface area contributed by atoms with Crippen LogP contribution in [0.1, 0.15) is 42.2 Å². The van der Waals surface area contributed by atoms with Crippen molar-refractivity contribution in [1.82, 2.24) is 24.5 Å². The normalized spacial score (nSPS) is 12.8. The largest absolute Gasteiger partial charge is 0.338 e. The lowest BCUT2D eigenvalue weighted by molar-refractivity contribution is 0.538. The zero-order valence-corrected chi connectivity index (χ0v) is 12.6. The first-order valence-electron chi connectivity index (χ1n) is 6.70. The van der Waals surface area contributed by atoms with E-state index < -0.39 is 0 Å². The van der Waals surface area contributed by atoms with Crippen LogP contribution < -0.4 is 5.32 Å². The van der Waals surface area contributed by atoms with Crippen molar-refractivity contribution in [2.75, 3.05) is 7.05 Å². The lowest BCUT2D eigenvalue weighted by Crippen LogP contribution is -2.18. The van der Waals surface area contributed by atoms with Gasteiger partial charge in [0.1, 0.15) is 5.82 Å². The first-order valence-corrected chi connectivity index (χ1v) is 7.48. The standard InChI is InChI=1S/C13H21N5S/c1-4-5-11-13(19-17-16-11)10(14-2)6-7-12-15-8-9-18(12)3/h8-10,14H,4-7H2,1-3H3. The van der Waals surface area contributed by atoms with E-state index in [1.807, 2.05) is 26.5 Å². The topological polar surface area (TPSA) is 55.6 Å². The molecule has 2 aromatic heterocycles. The van der Waals surface area contributed by atoms with Crippen molar-refractivity contribution in [3.63, 3.8) is 0 Å². The van der Waals surface area contributed by atoms with Gasteiger partial charge in [-0.05, 0) is 31.4 Å². The molecule has 0 aromatic carbocycles. The summed E-state index contributed by atoms with van der Waals surface area (Å²) in [6.07, 6.45) is 7.92. The van der Waals surface area contributed by atoms with Crippen LogP contribution in [0, 0.1) is 0 Å². The van der Waals surface area contributed by atoms with Crippen LogP contribution >= 0.6 is 11.5 Å². The van der Waals surface area contributed by atoms with Crippen LogP contribution in [-0.2, 0) is 19.9 Å². The van der Waals surface area contributed by atoms with Crippen LogP contribution in [0.4, 0.5) is 0 Å². The van der Waals surface area contributed by atoms with Gasteiger partial charge in [-0.25, -0.2) is 4.98 Å². The number of nitrogens with zero attached hydrogens (tertiary/aromatic N) is 4. The summed E-state index contributed by atoms with van der Waals surface area (Å²) in [5, 5.41) is 7.62. The van der Waals surface area contributed by atoms with Crippen LogP contribution in [0.25, 0.3) is 0 Å². The van der Waals surface area contributed by atoms with E-state index in [0.29, 0.717) is 6.04 Å². The second kappa shape index (κ2) is 6.77. The molecule has 2 rings (SSSR count). The molecule has 0 radical (unpaired) electrons. The Labute approximate surface area is 118 Å². The zero-order chi connectivity index (χ0) is 13.7. The second-order valence-corrected chi connectivity index (χ2v) is 5.45. The smallest absolute Gasteiger partial charge is 0.108 e. The molecule has 0 saturated carbocycles. The van der Waals surface area contributed by atoms with Crippen molar-refractivity contribution in [3.05, 3.63) is 28.8 Å². The number of imidazole rings is 1. The molecule has 104 valence electrons. The van der Waals surface area contributed by atoms with E-state index in [-0.39, 0.29) is 0 Å². The van der Waals surface area contributed by atoms with Crippen LogP contribution in [0.2, 0.25) is 0 Å². The molecule has 2 heterocycles. The molecule has 0 saturated heterocycles. The van der Waals surface area contributed by atoms with Crippen molar-refractivity contribution in [2.24, 2.45) is 7.05 Å². The van der Waals surface area contributed by atoms with Gasteiger partial charge in [-0.1, -0.05) is 17.8 Å². The summed E-state index contributed by atoms with van der Waals surface area (Å²) < 4.78 is 6.18. The molecule has 1 atom stereocenters. The summed E-state index contributed by atoms with van der Waals surface area (Å²) in [5.41, 5.74) is 1.15. The van der Waals surface area contributed by atoms with E-state index in [0.717, 1.165) is 37.2 Å². The van der Waals surface area contributed by atoms with Gasteiger partial charge in [-0.2, -0.15) is 0 Å². The molecule has 0 amide bonds. The van der Waals surface area contributed by atoms with Crippen molar-refractivity contribution in [3.8, 4) is 0 Å². The molecular formula is C13H21N5S. The Hall–Kier alpha value is -1.27. The first-order chi connectivity index (χ1) is 9.26. The van der Waals surface area contributed by atoms with Crippen molar-refractivity contribution in [2.45, 2.75) is 38.6 Å². The maximum Gasteiger partial charge on any atom is 0.108 e. The van der Waals surface area contributed by atoms with Gasteiger partial charge in [0.15, 0.2) is 0 Å². The lowest BCUT2D eigenvalue weighted by atomic mass is 10.1. The van der Waals surface area contributed by atoms with Gasteiger partial charge in [-0.3, -0.25) is 0 Å². The van der Waals surface area contributed by atoms with Gasteiger partial charge < -0.3 is 9.88 Å². The lowest BCUT2D eigenvalue weighted by Gasteiger charge is -2.15. The predicted molar refractivity (Wildman–Crippen MR) is 77.2 cm³/mol. The Morgan fingerprint density at radius 2 is 2.26 bits per heavy atom. The molecule has 1 N–H and O–H groups in total. The van der Waals surface area contributed by atoms with Gasteiger partial charge in [0, 0.05) is 31.9 Å². The quantitative estimate of drug-likeness (QED) is 0.843. The minimum absolute atomic E-state index is 0.318. The average Bonchev–Trinajstić information content (AvgIpc) is 3.01. The van der Waals surface area contributed by atoms with Crippen molar-refractivity contribution < 1.29 is 0 Å². The molecule has 0 aliphatic rings. The SMILES string of the molecule is CCCc1nnsc1C(CCc1nccn1C)NC. The van der Waals surface area contributed by atoms with E-state index in [1.54, 1.807) is 0 Å². The van der Waals surface area contributed by atoms with Crippen molar-refractivity contribution >= 4 is 11.5 Å². The fourth-order valence-electron chi connectivity index (χ4n) is 2.21. The summed E-state index contributed by atoms with van der Waals surface area (Å²) in [7, 11) is 4.03. The Bertz CT molecular complexity index is 505. The number of aromatic nitrogens is 4. The molecule has 1 unspecified atom stereocenters. The maximum atomic E-state index is 4.37. The second-order valence-electron chi connectivity index (χ2n) is 4.67. The molecular weight excluding hydrogens is 258 g/mol. The van der Waals surface area contributed by atoms with E-state index >= 15 is 0 Å². The number of hydrogen-bond acceptors (Lipinski definition) is 5. The average molecular weight is 279 g/mol. The van der Waals surface area contributed by atoms with Crippen LogP contribution in [0.5, 0.6) is 0 Å². The molecule has 0 aliphatic carbocycles. The Morgan fingerprint density at radius 3 is 2.89 bits per heavy atom. The number of hydrogen-bond donors (Lipinski definition) is 1. The molecule has 0 spiro atoms. The minimum Gasteiger partial charge on any atom is -0.338 e. The zero-order valence-electron chi connectivity index (χ0n) is 11.8. The van der Waals surface area contributed by atoms with E-state index in [2.05, 4.69) is 31.4 Å². The van der Waals surface area contributed by atoms with Gasteiger partial charge >= 0.3 is 0 Å². The molecule has 0 aliphatic heterocycles. The highest BCUT2D eigenvalue weighted by atomic mass is 32.1. The Balaban J connectivity index is 2.03. The number of rotatable bonds is 7. The van der Waals surface area contributed by atoms with E-state index in [9.17, 15) is 0 Å². The Kier molecular flexibility index (Phi) is 5.04. The van der Waals surface area contributed by atoms with Crippen LogP contribution in [0.15, 0.2) is 12.4 Å². The molecule has 0 bridgehead atoms. The molecule has 0 fully saturated rings. The van der Waals surface area contributed by atoms with E-state index in [1.165, 1.54) is 16.4 Å². The third kappa shape index (κ3) is 3.39. The number of nitrogens with one attached hydrogen (secondary N) is 1. The van der Waals surface area contributed by atoms with Crippen molar-refractivity contribution in [1.29, 1.82) is 0 Å². The number of aryl methyl sites for hydroxylation is 3. The molecule has 6 heteroatoms. The fraction of sp³-hybridized carbons (Fsp3) is 0.615. The summed E-state index contributed by atoms with van der Waals surface area (Å²) in [6.45, 7) is 2.17. The van der Waals surface area contributed by atoms with Crippen LogP contribution in [-0.4, -0.2) is 26.2 Å². The monoisotopic (exact) mass is 279 g/mol. The highest BCUT2D eigenvalue weighted by molar-refractivity contribution is 7.05. The van der Waals surface area contributed by atoms with Gasteiger partial charge in [0.25, 0.3) is 0 Å². The van der Waals surface area contributed by atoms with Gasteiger partial charge in [-0.15, -0.1) is 5.10 Å². The molecule has 5 nitrogen and oxygen atoms in total. The molecule has 2 aromatic rings. The summed E-state index contributed by atoms with van der Waals surface area (Å²) in [6, 6.07) is 0.318. The van der Waals surface area contributed by atoms with Gasteiger partial charge in [0.05, 0.1) is 10.6 Å². The fourth-order valence-corrected chi connectivity index (χ4v) is 3.05. The highest BCUT2D eigenvalue weighted by Gasteiger charge is 2.17. The molecule has 19 heavy (non-hydrogen) atoms. The summed E-state index contributed by atoms with van der Waals surface area (Å²) in [5.74, 6) is 1.12. The highest BCUT2D eigenvalue weighted by Crippen LogP contribution is 2.25. The van der Waals surface area contributed by atoms with Gasteiger partial charge in [0.2, 0.25) is 0 Å². The van der Waals surface area contributed by atoms with E-state index in [4.69, 9.17) is 0 Å². The summed E-state index contributed by atoms with van der Waals surface area (Å²) >= 11 is 1.51. The third-order valence-electron chi connectivity index (χ3n) is 3.31.